The van der Waals surface area contributed by atoms with Crippen LogP contribution in [0.25, 0.3) is 0 Å². The molecule has 0 fully saturated rings. The van der Waals surface area contributed by atoms with Gasteiger partial charge in [-0.05, 0) is 48.5 Å². The Kier molecular flexibility index (Phi) is 5.46. The van der Waals surface area contributed by atoms with Crippen LogP contribution in [0.2, 0.25) is 5.02 Å². The van der Waals surface area contributed by atoms with Gasteiger partial charge in [-0.1, -0.05) is 30.7 Å². The second kappa shape index (κ2) is 7.11. The highest BCUT2D eigenvalue weighted by Crippen LogP contribution is 2.35. The third-order valence-corrected chi connectivity index (χ3v) is 4.64. The lowest BCUT2D eigenvalue weighted by Gasteiger charge is -2.19. The van der Waals surface area contributed by atoms with E-state index in [1.165, 1.54) is 10.4 Å². The van der Waals surface area contributed by atoms with Gasteiger partial charge in [-0.25, -0.2) is 0 Å². The van der Waals surface area contributed by atoms with Crippen LogP contribution in [0.1, 0.15) is 35.4 Å². The average Bonchev–Trinajstić information content (AvgIpc) is 2.91. The van der Waals surface area contributed by atoms with Gasteiger partial charge in [0.05, 0.1) is 18.0 Å². The highest BCUT2D eigenvalue weighted by Gasteiger charge is 2.19. The van der Waals surface area contributed by atoms with Crippen molar-refractivity contribution in [3.8, 4) is 5.75 Å². The smallest absolute Gasteiger partial charge is 0.134 e. The molecular formula is C16H20ClNOS. The standard InChI is InChI=1S/C16H20ClNOS/c1-4-8-18-15(16-14(19-3)7-9-20-16)12-6-5-11(2)13(17)10-12/h5-7,9-10,15,18H,4,8H2,1-3H3. The Morgan fingerprint density at radius 3 is 2.80 bits per heavy atom. The fourth-order valence-corrected chi connectivity index (χ4v) is 3.28. The van der Waals surface area contributed by atoms with Gasteiger partial charge in [0, 0.05) is 5.02 Å². The van der Waals surface area contributed by atoms with Crippen LogP contribution < -0.4 is 10.1 Å². The van der Waals surface area contributed by atoms with Crippen molar-refractivity contribution in [2.24, 2.45) is 0 Å². The zero-order valence-electron chi connectivity index (χ0n) is 12.1. The first-order chi connectivity index (χ1) is 9.67. The molecule has 1 aromatic carbocycles. The summed E-state index contributed by atoms with van der Waals surface area (Å²) in [5.41, 5.74) is 2.28. The molecule has 0 aliphatic rings. The second-order valence-electron chi connectivity index (χ2n) is 4.75. The predicted molar refractivity (Wildman–Crippen MR) is 87.2 cm³/mol. The lowest BCUT2D eigenvalue weighted by molar-refractivity contribution is 0.407. The zero-order chi connectivity index (χ0) is 14.5. The van der Waals surface area contributed by atoms with Crippen molar-refractivity contribution in [1.29, 1.82) is 0 Å². The van der Waals surface area contributed by atoms with Crippen molar-refractivity contribution in [1.82, 2.24) is 5.32 Å². The lowest BCUT2D eigenvalue weighted by Crippen LogP contribution is -2.22. The Balaban J connectivity index is 2.38. The summed E-state index contributed by atoms with van der Waals surface area (Å²) >= 11 is 7.98. The highest BCUT2D eigenvalue weighted by atomic mass is 35.5. The van der Waals surface area contributed by atoms with Crippen molar-refractivity contribution in [3.63, 3.8) is 0 Å². The van der Waals surface area contributed by atoms with Gasteiger partial charge in [0.25, 0.3) is 0 Å². The van der Waals surface area contributed by atoms with E-state index in [1.807, 2.05) is 19.1 Å². The van der Waals surface area contributed by atoms with E-state index in [9.17, 15) is 0 Å². The molecule has 0 aliphatic heterocycles. The minimum atomic E-state index is 0.128. The van der Waals surface area contributed by atoms with Crippen LogP contribution in [0.4, 0.5) is 0 Å². The van der Waals surface area contributed by atoms with Gasteiger partial charge in [0.15, 0.2) is 0 Å². The van der Waals surface area contributed by atoms with Gasteiger partial charge in [0.1, 0.15) is 5.75 Å². The van der Waals surface area contributed by atoms with Gasteiger partial charge in [-0.15, -0.1) is 11.3 Å². The Morgan fingerprint density at radius 2 is 2.15 bits per heavy atom. The molecule has 108 valence electrons. The molecule has 0 saturated heterocycles. The molecular weight excluding hydrogens is 290 g/mol. The number of aryl methyl sites for hydroxylation is 1. The third kappa shape index (κ3) is 3.35. The molecule has 1 aromatic heterocycles. The van der Waals surface area contributed by atoms with Crippen LogP contribution in [-0.4, -0.2) is 13.7 Å². The SMILES string of the molecule is CCCNC(c1ccc(C)c(Cl)c1)c1sccc1OC. The predicted octanol–water partition coefficient (Wildman–Crippen LogP) is 4.81. The summed E-state index contributed by atoms with van der Waals surface area (Å²) < 4.78 is 5.46. The number of rotatable bonds is 6. The van der Waals surface area contributed by atoms with Crippen LogP contribution in [-0.2, 0) is 0 Å². The van der Waals surface area contributed by atoms with Crippen LogP contribution in [0, 0.1) is 6.92 Å². The average molecular weight is 310 g/mol. The molecule has 0 amide bonds. The molecule has 1 heterocycles. The number of ether oxygens (including phenoxy) is 1. The number of thiophene rings is 1. The number of benzene rings is 1. The van der Waals surface area contributed by atoms with Crippen molar-refractivity contribution >= 4 is 22.9 Å². The maximum absolute atomic E-state index is 6.27. The summed E-state index contributed by atoms with van der Waals surface area (Å²) in [6.45, 7) is 5.14. The molecule has 4 heteroatoms. The summed E-state index contributed by atoms with van der Waals surface area (Å²) in [4.78, 5) is 1.20. The van der Waals surface area contributed by atoms with E-state index in [-0.39, 0.29) is 6.04 Å². The Morgan fingerprint density at radius 1 is 1.35 bits per heavy atom. The van der Waals surface area contributed by atoms with Crippen molar-refractivity contribution in [2.45, 2.75) is 26.3 Å². The van der Waals surface area contributed by atoms with E-state index >= 15 is 0 Å². The Labute approximate surface area is 129 Å². The molecule has 1 atom stereocenters. The van der Waals surface area contributed by atoms with E-state index in [0.29, 0.717) is 0 Å². The zero-order valence-corrected chi connectivity index (χ0v) is 13.6. The van der Waals surface area contributed by atoms with Gasteiger partial charge >= 0.3 is 0 Å². The Bertz CT molecular complexity index is 567. The number of halogens is 1. The van der Waals surface area contributed by atoms with E-state index in [1.54, 1.807) is 18.4 Å². The molecule has 2 nitrogen and oxygen atoms in total. The summed E-state index contributed by atoms with van der Waals surface area (Å²) in [7, 11) is 1.71. The maximum Gasteiger partial charge on any atom is 0.134 e. The molecule has 0 radical (unpaired) electrons. The first kappa shape index (κ1) is 15.4. The largest absolute Gasteiger partial charge is 0.496 e. The second-order valence-corrected chi connectivity index (χ2v) is 6.10. The number of nitrogens with one attached hydrogen (secondary N) is 1. The van der Waals surface area contributed by atoms with E-state index in [2.05, 4.69) is 29.8 Å². The van der Waals surface area contributed by atoms with Crippen LogP contribution >= 0.6 is 22.9 Å². The van der Waals surface area contributed by atoms with Crippen molar-refractivity contribution in [2.75, 3.05) is 13.7 Å². The topological polar surface area (TPSA) is 21.3 Å². The molecule has 0 spiro atoms. The normalized spacial score (nSPS) is 12.4. The summed E-state index contributed by atoms with van der Waals surface area (Å²) in [5.74, 6) is 0.931. The molecule has 0 aliphatic carbocycles. The highest BCUT2D eigenvalue weighted by molar-refractivity contribution is 7.10. The van der Waals surface area contributed by atoms with Gasteiger partial charge in [-0.2, -0.15) is 0 Å². The maximum atomic E-state index is 6.27. The molecule has 0 bridgehead atoms. The molecule has 2 rings (SSSR count). The van der Waals surface area contributed by atoms with Crippen LogP contribution in [0.5, 0.6) is 5.75 Å². The van der Waals surface area contributed by atoms with Gasteiger partial charge < -0.3 is 10.1 Å². The lowest BCUT2D eigenvalue weighted by atomic mass is 10.0. The number of methoxy groups -OCH3 is 1. The first-order valence-corrected chi connectivity index (χ1v) is 8.04. The molecule has 1 N–H and O–H groups in total. The van der Waals surface area contributed by atoms with E-state index in [0.717, 1.165) is 29.3 Å². The molecule has 20 heavy (non-hydrogen) atoms. The Hall–Kier alpha value is -1.03. The summed E-state index contributed by atoms with van der Waals surface area (Å²) in [6.07, 6.45) is 1.09. The minimum absolute atomic E-state index is 0.128. The van der Waals surface area contributed by atoms with Crippen molar-refractivity contribution < 1.29 is 4.74 Å². The quantitative estimate of drug-likeness (QED) is 0.827. The summed E-state index contributed by atoms with van der Waals surface area (Å²) in [6, 6.07) is 8.38. The number of hydrogen-bond donors (Lipinski definition) is 1. The van der Waals surface area contributed by atoms with Gasteiger partial charge in [-0.3, -0.25) is 0 Å². The molecule has 2 aromatic rings. The monoisotopic (exact) mass is 309 g/mol. The third-order valence-electron chi connectivity index (χ3n) is 3.27. The fraction of sp³-hybridized carbons (Fsp3) is 0.375. The minimum Gasteiger partial charge on any atom is -0.496 e. The fourth-order valence-electron chi connectivity index (χ4n) is 2.13. The van der Waals surface area contributed by atoms with Crippen LogP contribution in [0.3, 0.4) is 0 Å². The first-order valence-electron chi connectivity index (χ1n) is 6.78. The van der Waals surface area contributed by atoms with E-state index < -0.39 is 0 Å². The van der Waals surface area contributed by atoms with E-state index in [4.69, 9.17) is 16.3 Å². The number of hydrogen-bond acceptors (Lipinski definition) is 3. The molecule has 1 unspecified atom stereocenters. The summed E-state index contributed by atoms with van der Waals surface area (Å²) in [5, 5.41) is 6.45. The van der Waals surface area contributed by atoms with Crippen LogP contribution in [0.15, 0.2) is 29.6 Å². The molecule has 0 saturated carbocycles. The van der Waals surface area contributed by atoms with Gasteiger partial charge in [0.2, 0.25) is 0 Å². The van der Waals surface area contributed by atoms with Crippen molar-refractivity contribution in [3.05, 3.63) is 50.7 Å².